The number of rotatable bonds is 6. The van der Waals surface area contributed by atoms with E-state index in [1.54, 1.807) is 18.2 Å². The van der Waals surface area contributed by atoms with Gasteiger partial charge in [0.25, 0.3) is 0 Å². The van der Waals surface area contributed by atoms with E-state index in [0.717, 1.165) is 22.3 Å². The van der Waals surface area contributed by atoms with Crippen LogP contribution in [0.5, 0.6) is 0 Å². The largest absolute Gasteiger partial charge is 0.480 e. The molecule has 0 saturated heterocycles. The number of amides is 1. The van der Waals surface area contributed by atoms with Crippen LogP contribution in [0.15, 0.2) is 66.7 Å². The molecular weight excluding hydrogens is 437 g/mol. The van der Waals surface area contributed by atoms with Crippen molar-refractivity contribution in [2.24, 2.45) is 0 Å². The van der Waals surface area contributed by atoms with Gasteiger partial charge in [-0.3, -0.25) is 0 Å². The number of carbonyl (C=O) groups excluding carboxylic acids is 1. The highest BCUT2D eigenvalue weighted by Crippen LogP contribution is 2.44. The second-order valence-corrected chi connectivity index (χ2v) is 8.08. The maximum Gasteiger partial charge on any atom is 0.407 e. The SMILES string of the molecule is O=C(NC(Cc1c(Cl)cccc1Cl)C(=O)O)OCC1c2ccccc2-c2ccccc21. The Morgan fingerprint density at radius 1 is 0.903 bits per heavy atom. The van der Waals surface area contributed by atoms with Gasteiger partial charge in [0.2, 0.25) is 0 Å². The minimum Gasteiger partial charge on any atom is -0.480 e. The number of carboxylic acids is 1. The van der Waals surface area contributed by atoms with E-state index in [0.29, 0.717) is 15.6 Å². The lowest BCUT2D eigenvalue weighted by Crippen LogP contribution is -2.43. The van der Waals surface area contributed by atoms with Crippen LogP contribution in [0.25, 0.3) is 11.1 Å². The van der Waals surface area contributed by atoms with Crippen molar-refractivity contribution < 1.29 is 19.4 Å². The highest BCUT2D eigenvalue weighted by molar-refractivity contribution is 6.36. The van der Waals surface area contributed by atoms with E-state index in [4.69, 9.17) is 27.9 Å². The van der Waals surface area contributed by atoms with E-state index in [2.05, 4.69) is 5.32 Å². The van der Waals surface area contributed by atoms with Crippen LogP contribution < -0.4 is 5.32 Å². The van der Waals surface area contributed by atoms with Crippen molar-refractivity contribution in [2.75, 3.05) is 6.61 Å². The highest BCUT2D eigenvalue weighted by Gasteiger charge is 2.30. The molecule has 1 atom stereocenters. The Balaban J connectivity index is 1.45. The summed E-state index contributed by atoms with van der Waals surface area (Å²) in [5.41, 5.74) is 4.84. The van der Waals surface area contributed by atoms with Crippen molar-refractivity contribution in [3.63, 3.8) is 0 Å². The molecule has 4 rings (SSSR count). The first-order valence-electron chi connectivity index (χ1n) is 9.73. The number of ether oxygens (including phenoxy) is 1. The van der Waals surface area contributed by atoms with Crippen LogP contribution in [0.2, 0.25) is 10.0 Å². The number of aliphatic carboxylic acids is 1. The van der Waals surface area contributed by atoms with Crippen molar-refractivity contribution in [1.29, 1.82) is 0 Å². The molecule has 3 aromatic carbocycles. The van der Waals surface area contributed by atoms with Crippen molar-refractivity contribution >= 4 is 35.3 Å². The molecule has 0 spiro atoms. The van der Waals surface area contributed by atoms with Crippen molar-refractivity contribution in [1.82, 2.24) is 5.32 Å². The maximum absolute atomic E-state index is 12.4. The molecule has 0 aromatic heterocycles. The van der Waals surface area contributed by atoms with Crippen molar-refractivity contribution in [3.8, 4) is 11.1 Å². The Morgan fingerprint density at radius 2 is 1.45 bits per heavy atom. The Labute approximate surface area is 189 Å². The zero-order valence-electron chi connectivity index (χ0n) is 16.3. The number of fused-ring (bicyclic) bond motifs is 3. The molecule has 0 aliphatic heterocycles. The summed E-state index contributed by atoms with van der Waals surface area (Å²) in [6.45, 7) is 0.0963. The zero-order valence-corrected chi connectivity index (χ0v) is 17.9. The maximum atomic E-state index is 12.4. The van der Waals surface area contributed by atoms with E-state index in [-0.39, 0.29) is 18.9 Å². The average Bonchev–Trinajstić information content (AvgIpc) is 3.08. The molecule has 5 nitrogen and oxygen atoms in total. The molecule has 0 heterocycles. The molecule has 3 aromatic rings. The number of halogens is 2. The van der Waals surface area contributed by atoms with Gasteiger partial charge >= 0.3 is 12.1 Å². The zero-order chi connectivity index (χ0) is 22.0. The molecule has 0 fully saturated rings. The minimum absolute atomic E-state index is 0.0575. The number of alkyl carbamates (subject to hydrolysis) is 1. The van der Waals surface area contributed by atoms with Gasteiger partial charge in [-0.25, -0.2) is 9.59 Å². The first-order valence-corrected chi connectivity index (χ1v) is 10.5. The summed E-state index contributed by atoms with van der Waals surface area (Å²) in [7, 11) is 0. The predicted molar refractivity (Wildman–Crippen MR) is 120 cm³/mol. The van der Waals surface area contributed by atoms with E-state index >= 15 is 0 Å². The molecule has 7 heteroatoms. The van der Waals surface area contributed by atoms with Gasteiger partial charge in [0, 0.05) is 22.4 Å². The van der Waals surface area contributed by atoms with E-state index in [9.17, 15) is 14.7 Å². The second kappa shape index (κ2) is 9.00. The number of nitrogens with one attached hydrogen (secondary N) is 1. The molecule has 0 bridgehead atoms. The fourth-order valence-corrected chi connectivity index (χ4v) is 4.47. The molecule has 1 unspecified atom stereocenters. The molecule has 31 heavy (non-hydrogen) atoms. The van der Waals surface area contributed by atoms with Crippen LogP contribution in [0.3, 0.4) is 0 Å². The van der Waals surface area contributed by atoms with Gasteiger partial charge in [-0.1, -0.05) is 77.8 Å². The Morgan fingerprint density at radius 3 is 2.00 bits per heavy atom. The summed E-state index contributed by atoms with van der Waals surface area (Å²) < 4.78 is 5.44. The highest BCUT2D eigenvalue weighted by atomic mass is 35.5. The van der Waals surface area contributed by atoms with Crippen LogP contribution >= 0.6 is 23.2 Å². The lowest BCUT2D eigenvalue weighted by molar-refractivity contribution is -0.139. The van der Waals surface area contributed by atoms with Crippen molar-refractivity contribution in [2.45, 2.75) is 18.4 Å². The second-order valence-electron chi connectivity index (χ2n) is 7.27. The number of benzene rings is 3. The summed E-state index contributed by atoms with van der Waals surface area (Å²) in [6, 6.07) is 19.6. The minimum atomic E-state index is -1.23. The summed E-state index contributed by atoms with van der Waals surface area (Å²) >= 11 is 12.3. The van der Waals surface area contributed by atoms with E-state index < -0.39 is 18.1 Å². The number of carboxylic acid groups (broad SMARTS) is 1. The van der Waals surface area contributed by atoms with E-state index in [1.807, 2.05) is 48.5 Å². The molecule has 1 aliphatic carbocycles. The van der Waals surface area contributed by atoms with Gasteiger partial charge in [0.05, 0.1) is 0 Å². The molecular formula is C24H19Cl2NO4. The third-order valence-corrected chi connectivity index (χ3v) is 6.11. The van der Waals surface area contributed by atoms with Gasteiger partial charge in [-0.15, -0.1) is 0 Å². The Bertz CT molecular complexity index is 1080. The fraction of sp³-hybridized carbons (Fsp3) is 0.167. The first-order chi connectivity index (χ1) is 15.0. The number of carbonyl (C=O) groups is 2. The smallest absolute Gasteiger partial charge is 0.407 e. The monoisotopic (exact) mass is 455 g/mol. The predicted octanol–water partition coefficient (Wildman–Crippen LogP) is 5.53. The van der Waals surface area contributed by atoms with Gasteiger partial charge in [-0.05, 0) is 39.9 Å². The quantitative estimate of drug-likeness (QED) is 0.512. The number of hydrogen-bond donors (Lipinski definition) is 2. The molecule has 0 radical (unpaired) electrons. The topological polar surface area (TPSA) is 75.6 Å². The fourth-order valence-electron chi connectivity index (χ4n) is 3.91. The van der Waals surface area contributed by atoms with Crippen LogP contribution in [0, 0.1) is 0 Å². The third kappa shape index (κ3) is 4.38. The molecule has 158 valence electrons. The molecule has 1 amide bonds. The van der Waals surface area contributed by atoms with Crippen molar-refractivity contribution in [3.05, 3.63) is 93.5 Å². The van der Waals surface area contributed by atoms with Crippen LogP contribution in [-0.2, 0) is 16.0 Å². The standard InChI is InChI=1S/C24H19Cl2NO4/c25-20-10-5-11-21(26)18(20)12-22(23(28)29)27-24(30)31-13-19-16-8-3-1-6-14(16)15-7-2-4-9-17(15)19/h1-11,19,22H,12-13H2,(H,27,30)(H,28,29). The lowest BCUT2D eigenvalue weighted by atomic mass is 9.98. The summed E-state index contributed by atoms with van der Waals surface area (Å²) in [5, 5.41) is 12.6. The summed E-state index contributed by atoms with van der Waals surface area (Å²) in [4.78, 5) is 24.1. The summed E-state index contributed by atoms with van der Waals surface area (Å²) in [6.07, 6.45) is -0.865. The number of hydrogen-bond acceptors (Lipinski definition) is 3. The average molecular weight is 456 g/mol. The van der Waals surface area contributed by atoms with Crippen LogP contribution in [0.1, 0.15) is 22.6 Å². The van der Waals surface area contributed by atoms with Gasteiger partial charge < -0.3 is 15.2 Å². The first kappa shape index (κ1) is 21.2. The van der Waals surface area contributed by atoms with E-state index in [1.165, 1.54) is 0 Å². The van der Waals surface area contributed by atoms with Gasteiger partial charge in [0.15, 0.2) is 0 Å². The van der Waals surface area contributed by atoms with Crippen LogP contribution in [-0.4, -0.2) is 29.8 Å². The lowest BCUT2D eigenvalue weighted by Gasteiger charge is -2.18. The normalized spacial score (nSPS) is 13.2. The Kier molecular flexibility index (Phi) is 6.16. The van der Waals surface area contributed by atoms with Gasteiger partial charge in [-0.2, -0.15) is 0 Å². The molecule has 1 aliphatic rings. The summed E-state index contributed by atoms with van der Waals surface area (Å²) in [5.74, 6) is -1.32. The molecule has 2 N–H and O–H groups in total. The van der Waals surface area contributed by atoms with Gasteiger partial charge in [0.1, 0.15) is 12.6 Å². The third-order valence-electron chi connectivity index (χ3n) is 5.40. The molecule has 0 saturated carbocycles. The van der Waals surface area contributed by atoms with Crippen LogP contribution in [0.4, 0.5) is 4.79 Å². The Hall–Kier alpha value is -3.02.